The van der Waals surface area contributed by atoms with Crippen LogP contribution in [0.2, 0.25) is 0 Å². The standard InChI is InChI=1S/C12H20N2O/c13-11-12(5-9-15-10-6-12)14-7-3-1-2-4-8-14/h1-10H2. The van der Waals surface area contributed by atoms with Crippen LogP contribution in [0.25, 0.3) is 0 Å². The molecule has 0 aliphatic carbocycles. The number of ether oxygens (including phenoxy) is 1. The van der Waals surface area contributed by atoms with Crippen molar-refractivity contribution in [2.24, 2.45) is 0 Å². The fraction of sp³-hybridized carbons (Fsp3) is 0.917. The molecule has 2 aliphatic heterocycles. The Labute approximate surface area is 92.0 Å². The number of nitriles is 1. The molecule has 2 heterocycles. The van der Waals surface area contributed by atoms with Crippen LogP contribution in [-0.4, -0.2) is 36.7 Å². The minimum Gasteiger partial charge on any atom is -0.381 e. The predicted octanol–water partition coefficient (Wildman–Crippen LogP) is 1.94. The van der Waals surface area contributed by atoms with Gasteiger partial charge >= 0.3 is 0 Å². The highest BCUT2D eigenvalue weighted by molar-refractivity contribution is 5.09. The molecule has 0 bridgehead atoms. The highest BCUT2D eigenvalue weighted by Crippen LogP contribution is 2.29. The number of rotatable bonds is 1. The maximum Gasteiger partial charge on any atom is 0.113 e. The molecule has 0 N–H and O–H groups in total. The van der Waals surface area contributed by atoms with Crippen LogP contribution in [0.15, 0.2) is 0 Å². The van der Waals surface area contributed by atoms with Crippen molar-refractivity contribution >= 4 is 0 Å². The first-order chi connectivity index (χ1) is 7.37. The molecule has 84 valence electrons. The van der Waals surface area contributed by atoms with Crippen molar-refractivity contribution in [2.75, 3.05) is 26.3 Å². The first-order valence-corrected chi connectivity index (χ1v) is 6.11. The van der Waals surface area contributed by atoms with Crippen LogP contribution in [0.5, 0.6) is 0 Å². The van der Waals surface area contributed by atoms with Gasteiger partial charge in [-0.2, -0.15) is 5.26 Å². The fourth-order valence-corrected chi connectivity index (χ4v) is 2.71. The number of likely N-dealkylation sites (tertiary alicyclic amines) is 1. The van der Waals surface area contributed by atoms with Crippen molar-refractivity contribution in [3.8, 4) is 6.07 Å². The Balaban J connectivity index is 2.06. The second-order valence-electron chi connectivity index (χ2n) is 4.66. The summed E-state index contributed by atoms with van der Waals surface area (Å²) in [5.74, 6) is 0. The summed E-state index contributed by atoms with van der Waals surface area (Å²) in [6.45, 7) is 3.72. The number of hydrogen-bond donors (Lipinski definition) is 0. The molecule has 0 aromatic rings. The van der Waals surface area contributed by atoms with E-state index in [-0.39, 0.29) is 5.54 Å². The summed E-state index contributed by atoms with van der Waals surface area (Å²) in [5.41, 5.74) is -0.206. The zero-order chi connectivity index (χ0) is 10.6. The van der Waals surface area contributed by atoms with Crippen LogP contribution in [0, 0.1) is 11.3 Å². The molecule has 0 aromatic carbocycles. The molecule has 3 nitrogen and oxygen atoms in total. The Morgan fingerprint density at radius 1 is 1.00 bits per heavy atom. The first kappa shape index (κ1) is 10.9. The van der Waals surface area contributed by atoms with Crippen LogP contribution in [0.1, 0.15) is 38.5 Å². The monoisotopic (exact) mass is 208 g/mol. The molecular formula is C12H20N2O. The van der Waals surface area contributed by atoms with Gasteiger partial charge in [0, 0.05) is 26.1 Å². The third-order valence-electron chi connectivity index (χ3n) is 3.74. The summed E-state index contributed by atoms with van der Waals surface area (Å²) in [6.07, 6.45) is 6.95. The third kappa shape index (κ3) is 2.32. The van der Waals surface area contributed by atoms with Gasteiger partial charge in [0.1, 0.15) is 5.54 Å². The van der Waals surface area contributed by atoms with Gasteiger partial charge in [-0.15, -0.1) is 0 Å². The second kappa shape index (κ2) is 4.96. The highest BCUT2D eigenvalue weighted by atomic mass is 16.5. The fourth-order valence-electron chi connectivity index (χ4n) is 2.71. The van der Waals surface area contributed by atoms with E-state index in [4.69, 9.17) is 4.74 Å². The Hall–Kier alpha value is -0.590. The summed E-state index contributed by atoms with van der Waals surface area (Å²) >= 11 is 0. The minimum atomic E-state index is -0.206. The Kier molecular flexibility index (Phi) is 3.61. The van der Waals surface area contributed by atoms with Gasteiger partial charge in [0.25, 0.3) is 0 Å². The topological polar surface area (TPSA) is 36.3 Å². The van der Waals surface area contributed by atoms with Crippen molar-refractivity contribution in [1.29, 1.82) is 5.26 Å². The summed E-state index contributed by atoms with van der Waals surface area (Å²) < 4.78 is 5.37. The van der Waals surface area contributed by atoms with Gasteiger partial charge in [-0.3, -0.25) is 4.90 Å². The molecule has 0 radical (unpaired) electrons. The summed E-state index contributed by atoms with van der Waals surface area (Å²) in [7, 11) is 0. The molecule has 2 fully saturated rings. The molecule has 2 saturated heterocycles. The van der Waals surface area contributed by atoms with Gasteiger partial charge in [-0.1, -0.05) is 12.8 Å². The van der Waals surface area contributed by atoms with Crippen molar-refractivity contribution in [1.82, 2.24) is 4.90 Å². The quantitative estimate of drug-likeness (QED) is 0.660. The molecule has 0 spiro atoms. The van der Waals surface area contributed by atoms with Gasteiger partial charge in [-0.25, -0.2) is 0 Å². The molecule has 0 amide bonds. The maximum atomic E-state index is 9.44. The van der Waals surface area contributed by atoms with Crippen molar-refractivity contribution in [2.45, 2.75) is 44.1 Å². The van der Waals surface area contributed by atoms with Crippen LogP contribution >= 0.6 is 0 Å². The lowest BCUT2D eigenvalue weighted by molar-refractivity contribution is 0.00190. The zero-order valence-electron chi connectivity index (χ0n) is 9.37. The zero-order valence-corrected chi connectivity index (χ0v) is 9.37. The molecule has 0 atom stereocenters. The second-order valence-corrected chi connectivity index (χ2v) is 4.66. The molecular weight excluding hydrogens is 188 g/mol. The van der Waals surface area contributed by atoms with Crippen molar-refractivity contribution in [3.63, 3.8) is 0 Å². The predicted molar refractivity (Wildman–Crippen MR) is 58.4 cm³/mol. The lowest BCUT2D eigenvalue weighted by atomic mass is 9.89. The average molecular weight is 208 g/mol. The van der Waals surface area contributed by atoms with E-state index in [1.54, 1.807) is 0 Å². The van der Waals surface area contributed by atoms with Gasteiger partial charge in [0.05, 0.1) is 6.07 Å². The smallest absolute Gasteiger partial charge is 0.113 e. The van der Waals surface area contributed by atoms with Gasteiger partial charge in [0.2, 0.25) is 0 Å². The van der Waals surface area contributed by atoms with Gasteiger partial charge < -0.3 is 4.74 Å². The number of nitrogens with zero attached hydrogens (tertiary/aromatic N) is 2. The highest BCUT2D eigenvalue weighted by Gasteiger charge is 2.38. The van der Waals surface area contributed by atoms with Crippen molar-refractivity contribution < 1.29 is 4.74 Å². The molecule has 15 heavy (non-hydrogen) atoms. The molecule has 2 rings (SSSR count). The van der Waals surface area contributed by atoms with E-state index in [1.807, 2.05) is 0 Å². The van der Waals surface area contributed by atoms with Crippen molar-refractivity contribution in [3.05, 3.63) is 0 Å². The minimum absolute atomic E-state index is 0.206. The molecule has 3 heteroatoms. The van der Waals surface area contributed by atoms with Crippen LogP contribution in [0.3, 0.4) is 0 Å². The number of hydrogen-bond acceptors (Lipinski definition) is 3. The lowest BCUT2D eigenvalue weighted by Crippen LogP contribution is -2.51. The van der Waals surface area contributed by atoms with E-state index in [9.17, 15) is 5.26 Å². The Bertz CT molecular complexity index is 232. The average Bonchev–Trinajstić information content (AvgIpc) is 2.59. The van der Waals surface area contributed by atoms with Gasteiger partial charge in [0.15, 0.2) is 0 Å². The van der Waals surface area contributed by atoms with Gasteiger partial charge in [-0.05, 0) is 25.9 Å². The van der Waals surface area contributed by atoms with Crippen LogP contribution in [-0.2, 0) is 4.74 Å². The molecule has 0 unspecified atom stereocenters. The van der Waals surface area contributed by atoms with Crippen LogP contribution in [0.4, 0.5) is 0 Å². The Morgan fingerprint density at radius 2 is 1.60 bits per heavy atom. The van der Waals surface area contributed by atoms with E-state index < -0.39 is 0 Å². The third-order valence-corrected chi connectivity index (χ3v) is 3.74. The van der Waals surface area contributed by atoms with E-state index in [1.165, 1.54) is 25.7 Å². The van der Waals surface area contributed by atoms with E-state index in [0.717, 1.165) is 39.1 Å². The maximum absolute atomic E-state index is 9.44. The normalized spacial score (nSPS) is 27.9. The molecule has 0 aromatic heterocycles. The largest absolute Gasteiger partial charge is 0.381 e. The van der Waals surface area contributed by atoms with E-state index in [0.29, 0.717) is 0 Å². The lowest BCUT2D eigenvalue weighted by Gasteiger charge is -2.40. The molecule has 0 saturated carbocycles. The van der Waals surface area contributed by atoms with E-state index in [2.05, 4.69) is 11.0 Å². The SMILES string of the molecule is N#CC1(N2CCCCCC2)CCOCC1. The summed E-state index contributed by atoms with van der Waals surface area (Å²) in [5, 5.41) is 9.44. The Morgan fingerprint density at radius 3 is 2.13 bits per heavy atom. The van der Waals surface area contributed by atoms with Crippen LogP contribution < -0.4 is 0 Å². The summed E-state index contributed by atoms with van der Waals surface area (Å²) in [6, 6.07) is 2.56. The summed E-state index contributed by atoms with van der Waals surface area (Å²) in [4.78, 5) is 2.42. The van der Waals surface area contributed by atoms with E-state index >= 15 is 0 Å². The first-order valence-electron chi connectivity index (χ1n) is 6.11. The molecule has 2 aliphatic rings.